The molecule has 0 saturated carbocycles. The van der Waals surface area contributed by atoms with Gasteiger partial charge in [0.2, 0.25) is 0 Å². The maximum absolute atomic E-state index is 4.95. The van der Waals surface area contributed by atoms with Gasteiger partial charge in [-0.25, -0.2) is 0 Å². The van der Waals surface area contributed by atoms with Gasteiger partial charge in [-0.2, -0.15) is 5.06 Å². The Balaban J connectivity index is 2.03. The smallest absolute Gasteiger partial charge is 0.0575 e. The van der Waals surface area contributed by atoms with Gasteiger partial charge in [-0.1, -0.05) is 13.3 Å². The summed E-state index contributed by atoms with van der Waals surface area (Å²) in [7, 11) is 1.73. The minimum atomic E-state index is 0.898. The maximum Gasteiger partial charge on any atom is 0.0575 e. The first-order valence-electron chi connectivity index (χ1n) is 3.16. The van der Waals surface area contributed by atoms with Crippen LogP contribution >= 0.6 is 0 Å². The lowest BCUT2D eigenvalue weighted by molar-refractivity contribution is -0.197. The fourth-order valence-corrected chi connectivity index (χ4v) is 0.930. The van der Waals surface area contributed by atoms with E-state index in [4.69, 9.17) is 4.84 Å². The molecule has 0 aromatic rings. The van der Waals surface area contributed by atoms with Crippen molar-refractivity contribution in [1.29, 1.82) is 0 Å². The predicted molar refractivity (Wildman–Crippen MR) is 32.4 cm³/mol. The average molecular weight is 115 g/mol. The van der Waals surface area contributed by atoms with Gasteiger partial charge in [0.05, 0.1) is 7.11 Å². The molecule has 2 nitrogen and oxygen atoms in total. The molecule has 1 rings (SSSR count). The van der Waals surface area contributed by atoms with Gasteiger partial charge in [-0.05, 0) is 5.92 Å². The first-order chi connectivity index (χ1) is 3.86. The van der Waals surface area contributed by atoms with Crippen molar-refractivity contribution in [2.24, 2.45) is 5.92 Å². The third-order valence-electron chi connectivity index (χ3n) is 1.76. The van der Waals surface area contributed by atoms with Gasteiger partial charge >= 0.3 is 0 Å². The zero-order valence-electron chi connectivity index (χ0n) is 5.55. The average Bonchev–Trinajstić information content (AvgIpc) is 1.65. The zero-order chi connectivity index (χ0) is 5.98. The van der Waals surface area contributed by atoms with Crippen molar-refractivity contribution in [3.8, 4) is 0 Å². The molecule has 48 valence electrons. The third kappa shape index (κ3) is 1.01. The minimum absolute atomic E-state index is 0.898. The molecule has 0 bridgehead atoms. The molecule has 1 fully saturated rings. The van der Waals surface area contributed by atoms with E-state index in [-0.39, 0.29) is 0 Å². The van der Waals surface area contributed by atoms with Crippen molar-refractivity contribution >= 4 is 0 Å². The van der Waals surface area contributed by atoms with Gasteiger partial charge in [-0.3, -0.25) is 0 Å². The number of hydroxylamine groups is 2. The van der Waals surface area contributed by atoms with Crippen LogP contribution in [0.4, 0.5) is 0 Å². The Kier molecular flexibility index (Phi) is 1.86. The fraction of sp³-hybridized carbons (Fsp3) is 1.00. The number of nitrogens with zero attached hydrogens (tertiary/aromatic N) is 1. The molecule has 0 radical (unpaired) electrons. The highest BCUT2D eigenvalue weighted by atomic mass is 16.7. The van der Waals surface area contributed by atoms with Crippen molar-refractivity contribution in [1.82, 2.24) is 5.06 Å². The molecular formula is C6H13NO. The summed E-state index contributed by atoms with van der Waals surface area (Å²) in [6, 6.07) is 0. The Labute approximate surface area is 50.4 Å². The molecule has 0 aromatic carbocycles. The normalized spacial score (nSPS) is 23.2. The zero-order valence-corrected chi connectivity index (χ0v) is 5.55. The van der Waals surface area contributed by atoms with E-state index in [1.165, 1.54) is 6.42 Å². The molecule has 0 amide bonds. The van der Waals surface area contributed by atoms with Crippen LogP contribution in [0.3, 0.4) is 0 Å². The summed E-state index contributed by atoms with van der Waals surface area (Å²) in [5, 5.41) is 1.98. The van der Waals surface area contributed by atoms with Crippen molar-refractivity contribution in [3.05, 3.63) is 0 Å². The molecule has 8 heavy (non-hydrogen) atoms. The summed E-state index contributed by atoms with van der Waals surface area (Å²) in [6.07, 6.45) is 1.29. The Hall–Kier alpha value is -0.0800. The van der Waals surface area contributed by atoms with Gasteiger partial charge in [0.1, 0.15) is 0 Å². The van der Waals surface area contributed by atoms with Crippen LogP contribution in [0.5, 0.6) is 0 Å². The summed E-state index contributed by atoms with van der Waals surface area (Å²) >= 11 is 0. The summed E-state index contributed by atoms with van der Waals surface area (Å²) in [6.45, 7) is 4.48. The van der Waals surface area contributed by atoms with Gasteiger partial charge in [0, 0.05) is 13.1 Å². The van der Waals surface area contributed by atoms with Crippen molar-refractivity contribution < 1.29 is 4.84 Å². The van der Waals surface area contributed by atoms with Crippen LogP contribution in [0.1, 0.15) is 13.3 Å². The number of rotatable bonds is 2. The van der Waals surface area contributed by atoms with Crippen molar-refractivity contribution in [3.63, 3.8) is 0 Å². The van der Waals surface area contributed by atoms with Crippen LogP contribution in [0.2, 0.25) is 0 Å². The predicted octanol–water partition coefficient (Wildman–Crippen LogP) is 0.890. The fourth-order valence-electron chi connectivity index (χ4n) is 0.930. The lowest BCUT2D eigenvalue weighted by Gasteiger charge is -2.36. The van der Waals surface area contributed by atoms with Gasteiger partial charge in [0.25, 0.3) is 0 Å². The van der Waals surface area contributed by atoms with E-state index in [1.54, 1.807) is 7.11 Å². The molecule has 0 aliphatic carbocycles. The van der Waals surface area contributed by atoms with Crippen LogP contribution in [0, 0.1) is 5.92 Å². The van der Waals surface area contributed by atoms with Crippen LogP contribution in [-0.4, -0.2) is 25.3 Å². The van der Waals surface area contributed by atoms with Crippen LogP contribution < -0.4 is 0 Å². The Morgan fingerprint density at radius 3 is 2.62 bits per heavy atom. The monoisotopic (exact) mass is 115 g/mol. The van der Waals surface area contributed by atoms with E-state index >= 15 is 0 Å². The second-order valence-electron chi connectivity index (χ2n) is 2.30. The Morgan fingerprint density at radius 2 is 2.25 bits per heavy atom. The number of hydrogen-bond donors (Lipinski definition) is 0. The first kappa shape index (κ1) is 6.05. The van der Waals surface area contributed by atoms with Crippen LogP contribution in [-0.2, 0) is 4.84 Å². The summed E-state index contributed by atoms with van der Waals surface area (Å²) in [5.74, 6) is 0.898. The lowest BCUT2D eigenvalue weighted by Crippen LogP contribution is -2.45. The molecule has 1 saturated heterocycles. The molecule has 0 aromatic heterocycles. The molecule has 1 aliphatic rings. The highest BCUT2D eigenvalue weighted by Crippen LogP contribution is 2.17. The lowest BCUT2D eigenvalue weighted by atomic mass is 10.0. The van der Waals surface area contributed by atoms with Crippen molar-refractivity contribution in [2.75, 3.05) is 20.2 Å². The molecule has 0 unspecified atom stereocenters. The third-order valence-corrected chi connectivity index (χ3v) is 1.76. The van der Waals surface area contributed by atoms with Crippen molar-refractivity contribution in [2.45, 2.75) is 13.3 Å². The van der Waals surface area contributed by atoms with Gasteiger partial charge in [0.15, 0.2) is 0 Å². The second kappa shape index (κ2) is 2.46. The quantitative estimate of drug-likeness (QED) is 0.530. The Morgan fingerprint density at radius 1 is 1.62 bits per heavy atom. The molecule has 0 spiro atoms. The second-order valence-corrected chi connectivity index (χ2v) is 2.30. The molecule has 1 aliphatic heterocycles. The van der Waals surface area contributed by atoms with Crippen LogP contribution in [0.25, 0.3) is 0 Å². The molecular weight excluding hydrogens is 102 g/mol. The van der Waals surface area contributed by atoms with Gasteiger partial charge in [-0.15, -0.1) is 0 Å². The highest BCUT2D eigenvalue weighted by Gasteiger charge is 2.24. The molecule has 0 atom stereocenters. The topological polar surface area (TPSA) is 12.5 Å². The molecule has 1 heterocycles. The Bertz CT molecular complexity index is 60.9. The first-order valence-corrected chi connectivity index (χ1v) is 3.16. The maximum atomic E-state index is 4.95. The van der Waals surface area contributed by atoms with E-state index in [1.807, 2.05) is 5.06 Å². The SMILES string of the molecule is CCC1CN(OC)C1. The molecule has 2 heteroatoms. The summed E-state index contributed by atoms with van der Waals surface area (Å²) in [5.41, 5.74) is 0. The van der Waals surface area contributed by atoms with E-state index in [0.717, 1.165) is 19.0 Å². The largest absolute Gasteiger partial charge is 0.302 e. The van der Waals surface area contributed by atoms with Crippen LogP contribution in [0.15, 0.2) is 0 Å². The van der Waals surface area contributed by atoms with E-state index in [2.05, 4.69) is 6.92 Å². The minimum Gasteiger partial charge on any atom is -0.302 e. The van der Waals surface area contributed by atoms with E-state index < -0.39 is 0 Å². The summed E-state index contributed by atoms with van der Waals surface area (Å²) in [4.78, 5) is 4.95. The van der Waals surface area contributed by atoms with E-state index in [0.29, 0.717) is 0 Å². The van der Waals surface area contributed by atoms with E-state index in [9.17, 15) is 0 Å². The summed E-state index contributed by atoms with van der Waals surface area (Å²) < 4.78 is 0. The number of hydrogen-bond acceptors (Lipinski definition) is 2. The van der Waals surface area contributed by atoms with Gasteiger partial charge < -0.3 is 4.84 Å². The standard InChI is InChI=1S/C6H13NO/c1-3-6-4-7(5-6)8-2/h6H,3-5H2,1-2H3. The highest BCUT2D eigenvalue weighted by molar-refractivity contribution is 4.71. The molecule has 0 N–H and O–H groups in total.